The van der Waals surface area contributed by atoms with Crippen LogP contribution in [0.4, 0.5) is 0 Å². The number of carboxylic acid groups (broad SMARTS) is 2. The normalized spacial score (nSPS) is 3.43. The second-order valence-corrected chi connectivity index (χ2v) is 0.192. The molecule has 0 saturated carbocycles. The predicted octanol–water partition coefficient (Wildman–Crippen LogP) is -3.65. The van der Waals surface area contributed by atoms with E-state index in [1.165, 1.54) is 0 Å². The smallest absolute Gasteiger partial charge is 0.554 e. The van der Waals surface area contributed by atoms with Crippen molar-refractivity contribution in [3.05, 3.63) is 0 Å². The fraction of sp³-hybridized carbons (Fsp3) is 0. The summed E-state index contributed by atoms with van der Waals surface area (Å²) in [5.74, 6) is 0. The van der Waals surface area contributed by atoms with E-state index in [9.17, 15) is 0 Å². The van der Waals surface area contributed by atoms with E-state index in [0.29, 0.717) is 0 Å². The van der Waals surface area contributed by atoms with Crippen molar-refractivity contribution in [1.82, 2.24) is 0 Å². The number of hydrogen-bond donors (Lipinski definition) is 0. The second kappa shape index (κ2) is 50.5. The summed E-state index contributed by atoms with van der Waals surface area (Å²) in [4.78, 5) is 16.5. The molecule has 0 bridgehead atoms. The van der Waals surface area contributed by atoms with E-state index in [1.54, 1.807) is 0 Å². The number of rotatable bonds is 0. The van der Waals surface area contributed by atoms with Crippen LogP contribution in [-0.2, 0) is 9.59 Å². The largest absolute Gasteiger partial charge is 2.00 e. The van der Waals surface area contributed by atoms with Gasteiger partial charge < -0.3 is 19.8 Å². The van der Waals surface area contributed by atoms with Crippen molar-refractivity contribution in [3.8, 4) is 0 Å². The third-order valence-electron chi connectivity index (χ3n) is 0. The topological polar surface area (TPSA) is 80.3 Å². The molecule has 1 radical (unpaired) electrons. The summed E-state index contributed by atoms with van der Waals surface area (Å²) in [5, 5.41) is 16.5. The monoisotopic (exact) mass is 117 g/mol. The van der Waals surface area contributed by atoms with E-state index in [-0.39, 0.29) is 17.4 Å². The fourth-order valence-electron chi connectivity index (χ4n) is 0. The van der Waals surface area contributed by atoms with Gasteiger partial charge in [-0.3, -0.25) is 0 Å². The molecular weight excluding hydrogens is 115 g/mol. The molecule has 0 aliphatic carbocycles. The van der Waals surface area contributed by atoms with Gasteiger partial charge in [0.2, 0.25) is 0 Å². The zero-order chi connectivity index (χ0) is 5.41. The quantitative estimate of drug-likeness (QED) is 0.242. The van der Waals surface area contributed by atoms with E-state index in [4.69, 9.17) is 19.8 Å². The Labute approximate surface area is 50.9 Å². The molecule has 0 rings (SSSR count). The van der Waals surface area contributed by atoms with E-state index in [2.05, 4.69) is 0 Å². The Bertz CT molecular complexity index is 30.7. The summed E-state index contributed by atoms with van der Waals surface area (Å²) in [6, 6.07) is 0. The summed E-state index contributed by atoms with van der Waals surface area (Å²) in [7, 11) is 0. The Morgan fingerprint density at radius 1 is 1.00 bits per heavy atom. The van der Waals surface area contributed by atoms with E-state index in [0.717, 1.165) is 0 Å². The van der Waals surface area contributed by atoms with E-state index in [1.807, 2.05) is 0 Å². The maximum Gasteiger partial charge on any atom is 2.00 e. The van der Waals surface area contributed by atoms with Gasteiger partial charge in [-0.25, -0.2) is 0 Å². The zero-order valence-electron chi connectivity index (χ0n) is 3.37. The minimum absolute atomic E-state index is 0. The van der Waals surface area contributed by atoms with E-state index < -0.39 is 12.9 Å². The maximum absolute atomic E-state index is 8.25. The molecule has 5 heteroatoms. The number of hydrogen-bond acceptors (Lipinski definition) is 4. The van der Waals surface area contributed by atoms with Gasteiger partial charge in [-0.2, -0.15) is 0 Å². The molecule has 0 aromatic heterocycles. The molecule has 0 aliphatic rings. The average molecular weight is 117 g/mol. The Kier molecular flexibility index (Phi) is 116. The molecule has 0 aliphatic heterocycles. The molecule has 0 spiro atoms. The van der Waals surface area contributed by atoms with Crippen LogP contribution in [0.5, 0.6) is 0 Å². The van der Waals surface area contributed by atoms with Gasteiger partial charge in [-0.1, -0.05) is 0 Å². The van der Waals surface area contributed by atoms with Crippen LogP contribution in [0.1, 0.15) is 0 Å². The van der Waals surface area contributed by atoms with Crippen molar-refractivity contribution in [2.24, 2.45) is 0 Å². The van der Waals surface area contributed by atoms with Crippen LogP contribution in [0.2, 0.25) is 0 Å². The van der Waals surface area contributed by atoms with Crippen LogP contribution >= 0.6 is 0 Å². The van der Waals surface area contributed by atoms with Gasteiger partial charge in [0.05, 0.1) is 0 Å². The summed E-state index contributed by atoms with van der Waals surface area (Å²) >= 11 is 0. The van der Waals surface area contributed by atoms with Crippen LogP contribution in [-0.4, -0.2) is 30.3 Å². The second-order valence-electron chi connectivity index (χ2n) is 0.192. The van der Waals surface area contributed by atoms with Crippen molar-refractivity contribution in [1.29, 1.82) is 0 Å². The molecule has 0 fully saturated rings. The Morgan fingerprint density at radius 2 is 1.00 bits per heavy atom. The summed E-state index contributed by atoms with van der Waals surface area (Å²) in [5.41, 5.74) is 0. The van der Waals surface area contributed by atoms with Crippen LogP contribution in [0, 0.1) is 0 Å². The molecule has 0 saturated heterocycles. The van der Waals surface area contributed by atoms with Crippen LogP contribution in [0.15, 0.2) is 0 Å². The molecule has 7 heavy (non-hydrogen) atoms. The molecule has 0 aromatic rings. The van der Waals surface area contributed by atoms with Gasteiger partial charge in [0.15, 0.2) is 0 Å². The molecule has 0 aromatic carbocycles. The van der Waals surface area contributed by atoms with Crippen molar-refractivity contribution >= 4 is 30.3 Å². The first kappa shape index (κ1) is 16.1. The Morgan fingerprint density at radius 3 is 1.00 bits per heavy atom. The number of carbonyl (C=O) groups excluding carboxylic acids is 2. The Hall–Kier alpha value is -0.528. The van der Waals surface area contributed by atoms with Crippen molar-refractivity contribution in [2.75, 3.05) is 0 Å². The van der Waals surface area contributed by atoms with Gasteiger partial charge in [-0.15, -0.1) is 0 Å². The third kappa shape index (κ3) is 237. The van der Waals surface area contributed by atoms with E-state index >= 15 is 0 Å². The standard InChI is InChI=1S/2CH2O2.Al/c2*2-1-3;/h2*1H,(H,2,3);/q;;+2/p-2. The van der Waals surface area contributed by atoms with Crippen molar-refractivity contribution in [3.63, 3.8) is 0 Å². The third-order valence-corrected chi connectivity index (χ3v) is 0. The predicted molar refractivity (Wildman–Crippen MR) is 17.9 cm³/mol. The molecular formula is C2H2AlO4. The minimum Gasteiger partial charge on any atom is -0.554 e. The average Bonchev–Trinajstić information content (AvgIpc) is 1.39. The molecule has 0 atom stereocenters. The van der Waals surface area contributed by atoms with Gasteiger partial charge in [0.25, 0.3) is 0 Å². The van der Waals surface area contributed by atoms with Crippen LogP contribution in [0.25, 0.3) is 0 Å². The Balaban J connectivity index is -0.0000000400. The first-order valence-electron chi connectivity index (χ1n) is 0.943. The van der Waals surface area contributed by atoms with Crippen molar-refractivity contribution < 1.29 is 19.8 Å². The van der Waals surface area contributed by atoms with Gasteiger partial charge in [0.1, 0.15) is 0 Å². The van der Waals surface area contributed by atoms with Gasteiger partial charge >= 0.3 is 17.4 Å². The first-order chi connectivity index (χ1) is 2.83. The molecule has 37 valence electrons. The van der Waals surface area contributed by atoms with Crippen molar-refractivity contribution in [2.45, 2.75) is 0 Å². The maximum atomic E-state index is 8.25. The first-order valence-corrected chi connectivity index (χ1v) is 0.943. The minimum atomic E-state index is -0.500. The molecule has 0 amide bonds. The van der Waals surface area contributed by atoms with Gasteiger partial charge in [0, 0.05) is 12.9 Å². The number of carbonyl (C=O) groups is 2. The SMILES string of the molecule is O=C[O-].O=C[O-].[Al+2]. The van der Waals surface area contributed by atoms with Gasteiger partial charge in [-0.05, 0) is 0 Å². The fourth-order valence-corrected chi connectivity index (χ4v) is 0. The van der Waals surface area contributed by atoms with Crippen LogP contribution in [0.3, 0.4) is 0 Å². The molecule has 4 nitrogen and oxygen atoms in total. The van der Waals surface area contributed by atoms with Crippen LogP contribution < -0.4 is 10.2 Å². The molecule has 0 unspecified atom stereocenters. The summed E-state index contributed by atoms with van der Waals surface area (Å²) < 4.78 is 0. The molecule has 0 N–H and O–H groups in total. The zero-order valence-corrected chi connectivity index (χ0v) is 4.52. The summed E-state index contributed by atoms with van der Waals surface area (Å²) in [6.07, 6.45) is 0. The molecule has 0 heterocycles. The summed E-state index contributed by atoms with van der Waals surface area (Å²) in [6.45, 7) is -1.00.